The fraction of sp³-hybridized carbons (Fsp3) is 0.200. The smallest absolute Gasteiger partial charge is 0.0580 e. The Labute approximate surface area is 107 Å². The van der Waals surface area contributed by atoms with Crippen molar-refractivity contribution in [3.8, 4) is 0 Å². The van der Waals surface area contributed by atoms with Crippen LogP contribution in [0.1, 0.15) is 18.0 Å². The number of benzene rings is 2. The highest BCUT2D eigenvalue weighted by Crippen LogP contribution is 2.31. The van der Waals surface area contributed by atoms with Crippen LogP contribution in [0.15, 0.2) is 48.5 Å². The van der Waals surface area contributed by atoms with E-state index >= 15 is 0 Å². The van der Waals surface area contributed by atoms with Gasteiger partial charge < -0.3 is 16.4 Å². The van der Waals surface area contributed by atoms with E-state index in [-0.39, 0.29) is 0 Å². The van der Waals surface area contributed by atoms with E-state index in [1.807, 2.05) is 12.1 Å². The number of nitrogens with two attached hydrogens (primary N) is 1. The van der Waals surface area contributed by atoms with Crippen LogP contribution < -0.4 is 16.4 Å². The first-order valence-electron chi connectivity index (χ1n) is 6.28. The molecule has 1 heterocycles. The van der Waals surface area contributed by atoms with Crippen molar-refractivity contribution in [2.45, 2.75) is 12.5 Å². The molecule has 0 aliphatic carbocycles. The summed E-state index contributed by atoms with van der Waals surface area (Å²) in [6.45, 7) is 0.971. The zero-order chi connectivity index (χ0) is 12.4. The molecule has 2 aromatic rings. The van der Waals surface area contributed by atoms with Crippen molar-refractivity contribution in [3.63, 3.8) is 0 Å². The molecule has 18 heavy (non-hydrogen) atoms. The highest BCUT2D eigenvalue weighted by molar-refractivity contribution is 5.70. The van der Waals surface area contributed by atoms with Gasteiger partial charge in [0.1, 0.15) is 0 Å². The third-order valence-corrected chi connectivity index (χ3v) is 3.34. The van der Waals surface area contributed by atoms with E-state index in [0.29, 0.717) is 6.04 Å². The van der Waals surface area contributed by atoms with E-state index < -0.39 is 0 Å². The molecule has 1 aliphatic rings. The van der Waals surface area contributed by atoms with Gasteiger partial charge in [-0.05, 0) is 36.2 Å². The van der Waals surface area contributed by atoms with Crippen molar-refractivity contribution in [2.24, 2.45) is 0 Å². The normalized spacial score (nSPS) is 18.1. The Morgan fingerprint density at radius 3 is 2.44 bits per heavy atom. The zero-order valence-corrected chi connectivity index (χ0v) is 10.2. The maximum Gasteiger partial charge on any atom is 0.0580 e. The predicted molar refractivity (Wildman–Crippen MR) is 76.8 cm³/mol. The van der Waals surface area contributed by atoms with Crippen LogP contribution >= 0.6 is 0 Å². The molecule has 0 radical (unpaired) electrons. The highest BCUT2D eigenvalue weighted by Gasteiger charge is 2.16. The number of hydrogen-bond acceptors (Lipinski definition) is 3. The summed E-state index contributed by atoms with van der Waals surface area (Å²) in [7, 11) is 0. The molecule has 0 amide bonds. The van der Waals surface area contributed by atoms with Gasteiger partial charge in [-0.3, -0.25) is 0 Å². The maximum atomic E-state index is 5.73. The zero-order valence-electron chi connectivity index (χ0n) is 10.2. The molecular formula is C15H17N3. The minimum atomic E-state index is 0.335. The van der Waals surface area contributed by atoms with Gasteiger partial charge in [-0.1, -0.05) is 24.3 Å². The fourth-order valence-electron chi connectivity index (χ4n) is 2.35. The van der Waals surface area contributed by atoms with Crippen LogP contribution in [0, 0.1) is 0 Å². The summed E-state index contributed by atoms with van der Waals surface area (Å²) in [5, 5.41) is 7.04. The number of nitrogen functional groups attached to an aromatic ring is 1. The van der Waals surface area contributed by atoms with Crippen molar-refractivity contribution < 1.29 is 0 Å². The van der Waals surface area contributed by atoms with Crippen LogP contribution in [0.25, 0.3) is 0 Å². The average Bonchev–Trinajstić information content (AvgIpc) is 2.61. The first kappa shape index (κ1) is 11.0. The van der Waals surface area contributed by atoms with Crippen LogP contribution in [0.4, 0.5) is 17.1 Å². The molecule has 0 bridgehead atoms. The van der Waals surface area contributed by atoms with Gasteiger partial charge in [0, 0.05) is 12.2 Å². The van der Waals surface area contributed by atoms with E-state index in [2.05, 4.69) is 47.0 Å². The molecule has 0 fully saturated rings. The molecule has 4 N–H and O–H groups in total. The second kappa shape index (κ2) is 4.61. The van der Waals surface area contributed by atoms with Crippen molar-refractivity contribution in [1.29, 1.82) is 0 Å². The third-order valence-electron chi connectivity index (χ3n) is 3.34. The number of fused-ring (bicyclic) bond motifs is 1. The lowest BCUT2D eigenvalue weighted by Crippen LogP contribution is -2.11. The van der Waals surface area contributed by atoms with Gasteiger partial charge in [0.2, 0.25) is 0 Å². The highest BCUT2D eigenvalue weighted by atomic mass is 15.0. The molecule has 3 heteroatoms. The van der Waals surface area contributed by atoms with Crippen molar-refractivity contribution in [2.75, 3.05) is 22.9 Å². The summed E-state index contributed by atoms with van der Waals surface area (Å²) in [5.74, 6) is 0. The summed E-state index contributed by atoms with van der Waals surface area (Å²) in [5.41, 5.74) is 10.2. The molecule has 1 atom stereocenters. The molecule has 92 valence electrons. The summed E-state index contributed by atoms with van der Waals surface area (Å²) in [6, 6.07) is 16.8. The average molecular weight is 239 g/mol. The Hall–Kier alpha value is -2.16. The molecule has 1 aliphatic heterocycles. The second-order valence-electron chi connectivity index (χ2n) is 4.62. The molecule has 0 aromatic heterocycles. The molecule has 3 nitrogen and oxygen atoms in total. The van der Waals surface area contributed by atoms with Gasteiger partial charge in [-0.25, -0.2) is 0 Å². The van der Waals surface area contributed by atoms with E-state index in [1.54, 1.807) is 0 Å². The lowest BCUT2D eigenvalue weighted by Gasteiger charge is -2.18. The summed E-state index contributed by atoms with van der Waals surface area (Å²) in [4.78, 5) is 0. The van der Waals surface area contributed by atoms with Crippen LogP contribution in [-0.2, 0) is 0 Å². The third kappa shape index (κ3) is 2.12. The van der Waals surface area contributed by atoms with Crippen LogP contribution in [0.3, 0.4) is 0 Å². The van der Waals surface area contributed by atoms with E-state index in [1.165, 1.54) is 11.3 Å². The van der Waals surface area contributed by atoms with Gasteiger partial charge in [0.25, 0.3) is 0 Å². The number of nitrogens with one attached hydrogen (secondary N) is 2. The Bertz CT molecular complexity index is 534. The summed E-state index contributed by atoms with van der Waals surface area (Å²) in [6.07, 6.45) is 1.05. The van der Waals surface area contributed by atoms with Crippen LogP contribution in [0.5, 0.6) is 0 Å². The Morgan fingerprint density at radius 2 is 1.67 bits per heavy atom. The maximum absolute atomic E-state index is 5.73. The van der Waals surface area contributed by atoms with Crippen molar-refractivity contribution in [1.82, 2.24) is 0 Å². The monoisotopic (exact) mass is 239 g/mol. The fourth-order valence-corrected chi connectivity index (χ4v) is 2.35. The van der Waals surface area contributed by atoms with E-state index in [0.717, 1.165) is 24.3 Å². The molecule has 0 saturated carbocycles. The second-order valence-corrected chi connectivity index (χ2v) is 4.62. The minimum Gasteiger partial charge on any atom is -0.399 e. The first-order chi connectivity index (χ1) is 8.83. The SMILES string of the molecule is Nc1ccc(C2CCNc3ccccc3N2)cc1. The van der Waals surface area contributed by atoms with Gasteiger partial charge in [-0.15, -0.1) is 0 Å². The van der Waals surface area contributed by atoms with Crippen molar-refractivity contribution >= 4 is 17.1 Å². The topological polar surface area (TPSA) is 50.1 Å². The van der Waals surface area contributed by atoms with Crippen LogP contribution in [0.2, 0.25) is 0 Å². The largest absolute Gasteiger partial charge is 0.399 e. The number of rotatable bonds is 1. The van der Waals surface area contributed by atoms with Crippen molar-refractivity contribution in [3.05, 3.63) is 54.1 Å². The van der Waals surface area contributed by atoms with Gasteiger partial charge in [0.15, 0.2) is 0 Å². The van der Waals surface area contributed by atoms with E-state index in [4.69, 9.17) is 5.73 Å². The molecule has 0 spiro atoms. The summed E-state index contributed by atoms with van der Waals surface area (Å²) < 4.78 is 0. The standard InChI is InChI=1S/C15H17N3/c16-12-7-5-11(6-8-12)13-9-10-17-14-3-1-2-4-15(14)18-13/h1-8,13,17-18H,9-10,16H2. The number of anilines is 3. The lowest BCUT2D eigenvalue weighted by molar-refractivity contribution is 0.732. The van der Waals surface area contributed by atoms with Gasteiger partial charge in [-0.2, -0.15) is 0 Å². The molecule has 0 saturated heterocycles. The minimum absolute atomic E-state index is 0.335. The number of para-hydroxylation sites is 2. The molecule has 2 aromatic carbocycles. The van der Waals surface area contributed by atoms with Gasteiger partial charge >= 0.3 is 0 Å². The Balaban J connectivity index is 1.89. The van der Waals surface area contributed by atoms with Crippen LogP contribution in [-0.4, -0.2) is 6.54 Å². The Morgan fingerprint density at radius 1 is 0.944 bits per heavy atom. The molecule has 3 rings (SSSR count). The van der Waals surface area contributed by atoms with Gasteiger partial charge in [0.05, 0.1) is 17.4 Å². The summed E-state index contributed by atoms with van der Waals surface area (Å²) >= 11 is 0. The quantitative estimate of drug-likeness (QED) is 0.670. The lowest BCUT2D eigenvalue weighted by atomic mass is 10.0. The Kier molecular flexibility index (Phi) is 2.81. The molecule has 1 unspecified atom stereocenters. The number of hydrogen-bond donors (Lipinski definition) is 3. The first-order valence-corrected chi connectivity index (χ1v) is 6.28. The predicted octanol–water partition coefficient (Wildman–Crippen LogP) is 3.24. The molecular weight excluding hydrogens is 222 g/mol. The van der Waals surface area contributed by atoms with E-state index in [9.17, 15) is 0 Å².